The van der Waals surface area contributed by atoms with Gasteiger partial charge in [0.15, 0.2) is 6.10 Å². The number of methoxy groups -OCH3 is 1. The summed E-state index contributed by atoms with van der Waals surface area (Å²) in [5.74, 6) is -0.289. The van der Waals surface area contributed by atoms with E-state index in [-0.39, 0.29) is 5.97 Å². The molecule has 92 valence electrons. The molecular formula is C13H17NO3. The molecule has 0 aromatic heterocycles. The van der Waals surface area contributed by atoms with Gasteiger partial charge in [-0.25, -0.2) is 4.79 Å². The average Bonchev–Trinajstić information content (AvgIpc) is 2.39. The van der Waals surface area contributed by atoms with E-state index in [9.17, 15) is 4.79 Å². The molecule has 2 rings (SSSR count). The van der Waals surface area contributed by atoms with Crippen molar-refractivity contribution in [3.05, 3.63) is 35.9 Å². The third-order valence-corrected chi connectivity index (χ3v) is 2.86. The summed E-state index contributed by atoms with van der Waals surface area (Å²) in [6.07, 6.45) is -0.447. The van der Waals surface area contributed by atoms with Crippen LogP contribution in [0.5, 0.6) is 0 Å². The Hall–Kier alpha value is -1.39. The summed E-state index contributed by atoms with van der Waals surface area (Å²) in [5, 5.41) is 0. The Labute approximate surface area is 101 Å². The lowest BCUT2D eigenvalue weighted by Gasteiger charge is -2.31. The number of ether oxygens (including phenoxy) is 2. The molecule has 1 aliphatic heterocycles. The monoisotopic (exact) mass is 235 g/mol. The lowest BCUT2D eigenvalue weighted by molar-refractivity contribution is -0.160. The van der Waals surface area contributed by atoms with Gasteiger partial charge >= 0.3 is 5.97 Å². The lowest BCUT2D eigenvalue weighted by Crippen LogP contribution is -2.46. The van der Waals surface area contributed by atoms with Gasteiger partial charge in [0, 0.05) is 19.6 Å². The summed E-state index contributed by atoms with van der Waals surface area (Å²) in [5.41, 5.74) is 1.25. The van der Waals surface area contributed by atoms with Crippen molar-refractivity contribution in [2.24, 2.45) is 0 Å². The number of benzene rings is 1. The lowest BCUT2D eigenvalue weighted by atomic mass is 10.2. The minimum atomic E-state index is -0.447. The normalized spacial score (nSPS) is 21.1. The first-order chi connectivity index (χ1) is 8.29. The summed E-state index contributed by atoms with van der Waals surface area (Å²) in [6.45, 7) is 2.87. The Bertz CT molecular complexity index is 366. The largest absolute Gasteiger partial charge is 0.467 e. The van der Waals surface area contributed by atoms with Gasteiger partial charge in [-0.1, -0.05) is 30.3 Å². The summed E-state index contributed by atoms with van der Waals surface area (Å²) in [7, 11) is 1.39. The Morgan fingerprint density at radius 2 is 2.24 bits per heavy atom. The summed E-state index contributed by atoms with van der Waals surface area (Å²) < 4.78 is 10.1. The minimum absolute atomic E-state index is 0.289. The van der Waals surface area contributed by atoms with Crippen LogP contribution in [0.25, 0.3) is 0 Å². The Morgan fingerprint density at radius 1 is 1.47 bits per heavy atom. The number of nitrogens with zero attached hydrogens (tertiary/aromatic N) is 1. The van der Waals surface area contributed by atoms with E-state index in [1.54, 1.807) is 0 Å². The van der Waals surface area contributed by atoms with E-state index in [2.05, 4.69) is 17.0 Å². The van der Waals surface area contributed by atoms with Gasteiger partial charge in [0.2, 0.25) is 0 Å². The summed E-state index contributed by atoms with van der Waals surface area (Å²) in [4.78, 5) is 13.6. The van der Waals surface area contributed by atoms with Crippen molar-refractivity contribution in [3.8, 4) is 0 Å². The molecule has 0 saturated carbocycles. The molecule has 1 aromatic rings. The average molecular weight is 235 g/mol. The number of esters is 1. The van der Waals surface area contributed by atoms with Crippen LogP contribution in [0.1, 0.15) is 5.56 Å². The number of hydrogen-bond acceptors (Lipinski definition) is 4. The van der Waals surface area contributed by atoms with Gasteiger partial charge in [-0.15, -0.1) is 0 Å². The maximum atomic E-state index is 11.4. The van der Waals surface area contributed by atoms with Crippen LogP contribution in [0, 0.1) is 0 Å². The molecule has 0 radical (unpaired) electrons. The second kappa shape index (κ2) is 5.80. The molecule has 1 atom stereocenters. The van der Waals surface area contributed by atoms with Crippen LogP contribution in [0.15, 0.2) is 30.3 Å². The molecular weight excluding hydrogens is 218 g/mol. The van der Waals surface area contributed by atoms with Gasteiger partial charge in [0.1, 0.15) is 0 Å². The van der Waals surface area contributed by atoms with Crippen LogP contribution in [-0.2, 0) is 20.8 Å². The van der Waals surface area contributed by atoms with Crippen LogP contribution in [0.2, 0.25) is 0 Å². The third-order valence-electron chi connectivity index (χ3n) is 2.86. The second-order valence-electron chi connectivity index (χ2n) is 4.10. The van der Waals surface area contributed by atoms with Crippen LogP contribution in [0.4, 0.5) is 0 Å². The highest BCUT2D eigenvalue weighted by molar-refractivity contribution is 5.74. The maximum absolute atomic E-state index is 11.4. The van der Waals surface area contributed by atoms with Crippen molar-refractivity contribution < 1.29 is 14.3 Å². The van der Waals surface area contributed by atoms with Gasteiger partial charge in [-0.3, -0.25) is 4.90 Å². The van der Waals surface area contributed by atoms with E-state index in [1.165, 1.54) is 12.7 Å². The molecule has 1 heterocycles. The molecule has 1 fully saturated rings. The molecule has 1 aliphatic rings. The quantitative estimate of drug-likeness (QED) is 0.734. The van der Waals surface area contributed by atoms with E-state index in [1.807, 2.05) is 18.2 Å². The standard InChI is InChI=1S/C13H17NO3/c1-16-13(15)12-10-14(7-8-17-12)9-11-5-3-2-4-6-11/h2-6,12H,7-10H2,1H3. The fourth-order valence-electron chi connectivity index (χ4n) is 1.96. The third kappa shape index (κ3) is 3.28. The molecule has 0 amide bonds. The van der Waals surface area contributed by atoms with E-state index in [0.717, 1.165) is 13.1 Å². The van der Waals surface area contributed by atoms with Crippen molar-refractivity contribution in [2.45, 2.75) is 12.6 Å². The van der Waals surface area contributed by atoms with Gasteiger partial charge in [-0.2, -0.15) is 0 Å². The Kier molecular flexibility index (Phi) is 4.12. The number of rotatable bonds is 3. The van der Waals surface area contributed by atoms with Gasteiger partial charge < -0.3 is 9.47 Å². The molecule has 1 unspecified atom stereocenters. The molecule has 0 aliphatic carbocycles. The predicted molar refractivity (Wildman–Crippen MR) is 63.5 cm³/mol. The van der Waals surface area contributed by atoms with Crippen LogP contribution in [-0.4, -0.2) is 43.8 Å². The number of morpholine rings is 1. The first kappa shape index (κ1) is 12.1. The van der Waals surface area contributed by atoms with Crippen molar-refractivity contribution in [2.75, 3.05) is 26.8 Å². The first-order valence-electron chi connectivity index (χ1n) is 5.75. The minimum Gasteiger partial charge on any atom is -0.467 e. The van der Waals surface area contributed by atoms with E-state index < -0.39 is 6.10 Å². The number of carbonyl (C=O) groups excluding carboxylic acids is 1. The van der Waals surface area contributed by atoms with Gasteiger partial charge in [0.25, 0.3) is 0 Å². The molecule has 0 N–H and O–H groups in total. The van der Waals surface area contributed by atoms with Crippen molar-refractivity contribution in [1.29, 1.82) is 0 Å². The molecule has 0 bridgehead atoms. The van der Waals surface area contributed by atoms with Crippen molar-refractivity contribution in [1.82, 2.24) is 4.90 Å². The zero-order valence-corrected chi connectivity index (χ0v) is 9.96. The Balaban J connectivity index is 1.92. The fourth-order valence-corrected chi connectivity index (χ4v) is 1.96. The Morgan fingerprint density at radius 3 is 2.94 bits per heavy atom. The van der Waals surface area contributed by atoms with Crippen LogP contribution >= 0.6 is 0 Å². The van der Waals surface area contributed by atoms with Gasteiger partial charge in [0.05, 0.1) is 13.7 Å². The molecule has 1 aromatic carbocycles. The molecule has 4 nitrogen and oxygen atoms in total. The van der Waals surface area contributed by atoms with Crippen molar-refractivity contribution in [3.63, 3.8) is 0 Å². The first-order valence-corrected chi connectivity index (χ1v) is 5.75. The zero-order valence-electron chi connectivity index (χ0n) is 9.96. The van der Waals surface area contributed by atoms with Crippen molar-refractivity contribution >= 4 is 5.97 Å². The van der Waals surface area contributed by atoms with Crippen LogP contribution in [0.3, 0.4) is 0 Å². The molecule has 4 heteroatoms. The second-order valence-corrected chi connectivity index (χ2v) is 4.10. The molecule has 17 heavy (non-hydrogen) atoms. The van der Waals surface area contributed by atoms with Crippen LogP contribution < -0.4 is 0 Å². The topological polar surface area (TPSA) is 38.8 Å². The maximum Gasteiger partial charge on any atom is 0.336 e. The fraction of sp³-hybridized carbons (Fsp3) is 0.462. The van der Waals surface area contributed by atoms with E-state index in [0.29, 0.717) is 13.2 Å². The molecule has 1 saturated heterocycles. The smallest absolute Gasteiger partial charge is 0.336 e. The van der Waals surface area contributed by atoms with E-state index in [4.69, 9.17) is 9.47 Å². The van der Waals surface area contributed by atoms with Gasteiger partial charge in [-0.05, 0) is 5.56 Å². The SMILES string of the molecule is COC(=O)C1CN(Cc2ccccc2)CCO1. The highest BCUT2D eigenvalue weighted by atomic mass is 16.6. The predicted octanol–water partition coefficient (Wildman–Crippen LogP) is 1.06. The van der Waals surface area contributed by atoms with E-state index >= 15 is 0 Å². The zero-order chi connectivity index (χ0) is 12.1. The number of hydrogen-bond donors (Lipinski definition) is 0. The highest BCUT2D eigenvalue weighted by Gasteiger charge is 2.27. The molecule has 0 spiro atoms. The summed E-state index contributed by atoms with van der Waals surface area (Å²) in [6, 6.07) is 10.2. The summed E-state index contributed by atoms with van der Waals surface area (Å²) >= 11 is 0. The highest BCUT2D eigenvalue weighted by Crippen LogP contribution is 2.11. The number of carbonyl (C=O) groups is 1.